The molecule has 2 rings (SSSR count). The third-order valence-corrected chi connectivity index (χ3v) is 3.51. The van der Waals surface area contributed by atoms with Gasteiger partial charge in [0.05, 0.1) is 16.2 Å². The Morgan fingerprint density at radius 1 is 1.16 bits per heavy atom. The first-order valence-electron chi connectivity index (χ1n) is 5.69. The van der Waals surface area contributed by atoms with Crippen molar-refractivity contribution in [3.8, 4) is 17.6 Å². The Bertz CT molecular complexity index is 620. The Labute approximate surface area is 125 Å². The molecule has 2 aromatic rings. The molecule has 96 valence electrons. The molecule has 0 atom stereocenters. The number of halogens is 1. The van der Waals surface area contributed by atoms with Crippen molar-refractivity contribution in [3.63, 3.8) is 0 Å². The van der Waals surface area contributed by atoms with Crippen LogP contribution in [-0.4, -0.2) is 7.11 Å². The molecular formula is C15H12INO2. The zero-order chi connectivity index (χ0) is 13.7. The quantitative estimate of drug-likeness (QED) is 0.775. The van der Waals surface area contributed by atoms with Crippen LogP contribution in [-0.2, 0) is 6.61 Å². The van der Waals surface area contributed by atoms with Gasteiger partial charge in [-0.1, -0.05) is 18.2 Å². The largest absolute Gasteiger partial charge is 0.495 e. The molecule has 0 saturated heterocycles. The highest BCUT2D eigenvalue weighted by atomic mass is 127. The number of rotatable bonds is 4. The van der Waals surface area contributed by atoms with Gasteiger partial charge in [0, 0.05) is 0 Å². The number of nitriles is 1. The van der Waals surface area contributed by atoms with Gasteiger partial charge in [-0.25, -0.2) is 0 Å². The van der Waals surface area contributed by atoms with Crippen LogP contribution in [0.2, 0.25) is 0 Å². The molecule has 0 heterocycles. The van der Waals surface area contributed by atoms with E-state index in [2.05, 4.69) is 28.7 Å². The summed E-state index contributed by atoms with van der Waals surface area (Å²) in [5.74, 6) is 1.43. The van der Waals surface area contributed by atoms with Crippen molar-refractivity contribution in [2.45, 2.75) is 6.61 Å². The van der Waals surface area contributed by atoms with Gasteiger partial charge in [-0.3, -0.25) is 0 Å². The van der Waals surface area contributed by atoms with Crippen molar-refractivity contribution < 1.29 is 9.47 Å². The van der Waals surface area contributed by atoms with E-state index in [1.54, 1.807) is 13.2 Å². The number of para-hydroxylation sites is 1. The zero-order valence-electron chi connectivity index (χ0n) is 10.4. The van der Waals surface area contributed by atoms with Crippen molar-refractivity contribution in [1.29, 1.82) is 5.26 Å². The highest BCUT2D eigenvalue weighted by Crippen LogP contribution is 2.23. The molecule has 0 amide bonds. The van der Waals surface area contributed by atoms with E-state index in [4.69, 9.17) is 14.7 Å². The Morgan fingerprint density at radius 2 is 1.95 bits per heavy atom. The second-order valence-corrected chi connectivity index (χ2v) is 5.03. The molecule has 0 N–H and O–H groups in total. The van der Waals surface area contributed by atoms with E-state index in [0.717, 1.165) is 14.9 Å². The minimum atomic E-state index is 0.447. The topological polar surface area (TPSA) is 42.2 Å². The van der Waals surface area contributed by atoms with Gasteiger partial charge in [-0.15, -0.1) is 0 Å². The first kappa shape index (κ1) is 13.7. The Hall–Kier alpha value is -1.74. The smallest absolute Gasteiger partial charge is 0.137 e. The molecule has 0 aliphatic carbocycles. The van der Waals surface area contributed by atoms with Crippen LogP contribution < -0.4 is 9.47 Å². The van der Waals surface area contributed by atoms with Gasteiger partial charge in [0.2, 0.25) is 0 Å². The van der Waals surface area contributed by atoms with Crippen LogP contribution in [0.25, 0.3) is 0 Å². The van der Waals surface area contributed by atoms with Crippen LogP contribution >= 0.6 is 22.6 Å². The number of nitrogens with zero attached hydrogens (tertiary/aromatic N) is 1. The molecule has 3 nitrogen and oxygen atoms in total. The first-order chi connectivity index (χ1) is 9.24. The van der Waals surface area contributed by atoms with Gasteiger partial charge in [0.1, 0.15) is 24.2 Å². The van der Waals surface area contributed by atoms with Crippen LogP contribution in [0.15, 0.2) is 42.5 Å². The number of hydrogen-bond donors (Lipinski definition) is 0. The molecule has 4 heteroatoms. The summed E-state index contributed by atoms with van der Waals surface area (Å²) in [4.78, 5) is 0. The minimum Gasteiger partial charge on any atom is -0.495 e. The predicted octanol–water partition coefficient (Wildman–Crippen LogP) is 3.75. The summed E-state index contributed by atoms with van der Waals surface area (Å²) in [5, 5.41) is 8.92. The molecule has 0 fully saturated rings. The number of methoxy groups -OCH3 is 1. The summed E-state index contributed by atoms with van der Waals surface area (Å²) in [6.07, 6.45) is 0. The van der Waals surface area contributed by atoms with Gasteiger partial charge in [0.25, 0.3) is 0 Å². The predicted molar refractivity (Wildman–Crippen MR) is 81.2 cm³/mol. The van der Waals surface area contributed by atoms with E-state index >= 15 is 0 Å². The summed E-state index contributed by atoms with van der Waals surface area (Å²) >= 11 is 2.24. The van der Waals surface area contributed by atoms with Crippen LogP contribution in [0.4, 0.5) is 0 Å². The first-order valence-corrected chi connectivity index (χ1v) is 6.77. The fourth-order valence-corrected chi connectivity index (χ4v) is 2.18. The Balaban J connectivity index is 2.13. The second kappa shape index (κ2) is 6.43. The number of benzene rings is 2. The number of hydrogen-bond acceptors (Lipinski definition) is 3. The fourth-order valence-electron chi connectivity index (χ4n) is 1.64. The van der Waals surface area contributed by atoms with E-state index in [1.165, 1.54) is 0 Å². The fraction of sp³-hybridized carbons (Fsp3) is 0.133. The van der Waals surface area contributed by atoms with Crippen LogP contribution in [0.3, 0.4) is 0 Å². The second-order valence-electron chi connectivity index (χ2n) is 3.87. The standard InChI is InChI=1S/C15H12INO2/c1-18-15-8-11(6-7-12(15)9-17)10-19-14-5-3-2-4-13(14)16/h2-8H,10H2,1H3. The van der Waals surface area contributed by atoms with Crippen LogP contribution in [0.1, 0.15) is 11.1 Å². The highest BCUT2D eigenvalue weighted by molar-refractivity contribution is 14.1. The monoisotopic (exact) mass is 365 g/mol. The summed E-state index contributed by atoms with van der Waals surface area (Å²) in [6.45, 7) is 0.447. The normalized spacial score (nSPS) is 9.74. The molecule has 19 heavy (non-hydrogen) atoms. The highest BCUT2D eigenvalue weighted by Gasteiger charge is 2.05. The molecular weight excluding hydrogens is 353 g/mol. The zero-order valence-corrected chi connectivity index (χ0v) is 12.5. The van der Waals surface area contributed by atoms with E-state index < -0.39 is 0 Å². The lowest BCUT2D eigenvalue weighted by atomic mass is 10.1. The lowest BCUT2D eigenvalue weighted by molar-refractivity contribution is 0.303. The molecule has 0 aliphatic heterocycles. The maximum absolute atomic E-state index is 8.92. The molecule has 0 spiro atoms. The third-order valence-electron chi connectivity index (χ3n) is 2.62. The maximum atomic E-state index is 8.92. The molecule has 0 radical (unpaired) electrons. The van der Waals surface area contributed by atoms with Crippen LogP contribution in [0.5, 0.6) is 11.5 Å². The van der Waals surface area contributed by atoms with Gasteiger partial charge < -0.3 is 9.47 Å². The van der Waals surface area contributed by atoms with Crippen molar-refractivity contribution >= 4 is 22.6 Å². The molecule has 0 unspecified atom stereocenters. The van der Waals surface area contributed by atoms with Crippen molar-refractivity contribution in [1.82, 2.24) is 0 Å². The van der Waals surface area contributed by atoms with E-state index in [9.17, 15) is 0 Å². The van der Waals surface area contributed by atoms with E-state index in [0.29, 0.717) is 17.9 Å². The molecule has 0 aliphatic rings. The van der Waals surface area contributed by atoms with Crippen molar-refractivity contribution in [2.24, 2.45) is 0 Å². The summed E-state index contributed by atoms with van der Waals surface area (Å²) in [5.41, 5.74) is 1.50. The van der Waals surface area contributed by atoms with Gasteiger partial charge in [0.15, 0.2) is 0 Å². The lowest BCUT2D eigenvalue weighted by Gasteiger charge is -2.09. The third kappa shape index (κ3) is 3.38. The van der Waals surface area contributed by atoms with Crippen LogP contribution in [0, 0.1) is 14.9 Å². The van der Waals surface area contributed by atoms with Gasteiger partial charge >= 0.3 is 0 Å². The van der Waals surface area contributed by atoms with Gasteiger partial charge in [-0.2, -0.15) is 5.26 Å². The summed E-state index contributed by atoms with van der Waals surface area (Å²) in [6, 6.07) is 15.4. The maximum Gasteiger partial charge on any atom is 0.137 e. The SMILES string of the molecule is COc1cc(COc2ccccc2I)ccc1C#N. The van der Waals surface area contributed by atoms with E-state index in [-0.39, 0.29) is 0 Å². The summed E-state index contributed by atoms with van der Waals surface area (Å²) < 4.78 is 12.0. The van der Waals surface area contributed by atoms with Crippen molar-refractivity contribution in [3.05, 3.63) is 57.2 Å². The Morgan fingerprint density at radius 3 is 2.63 bits per heavy atom. The molecule has 0 aromatic heterocycles. The van der Waals surface area contributed by atoms with Gasteiger partial charge in [-0.05, 0) is 52.4 Å². The molecule has 0 saturated carbocycles. The average Bonchev–Trinajstić information content (AvgIpc) is 2.46. The van der Waals surface area contributed by atoms with Crippen molar-refractivity contribution in [2.75, 3.05) is 7.11 Å². The minimum absolute atomic E-state index is 0.447. The summed E-state index contributed by atoms with van der Waals surface area (Å²) in [7, 11) is 1.56. The average molecular weight is 365 g/mol. The number of ether oxygens (including phenoxy) is 2. The lowest BCUT2D eigenvalue weighted by Crippen LogP contribution is -1.98. The molecule has 2 aromatic carbocycles. The molecule has 0 bridgehead atoms. The van der Waals surface area contributed by atoms with E-state index in [1.807, 2.05) is 36.4 Å². The Kier molecular flexibility index (Phi) is 4.63.